The molecule has 0 aliphatic carbocycles. The molecule has 0 unspecified atom stereocenters. The van der Waals surface area contributed by atoms with Crippen molar-refractivity contribution in [2.75, 3.05) is 6.61 Å². The molecule has 1 aromatic rings. The van der Waals surface area contributed by atoms with Crippen LogP contribution >= 0.6 is 0 Å². The molecule has 2 rings (SSSR count). The third-order valence-electron chi connectivity index (χ3n) is 5.25. The number of carbonyl (C=O) groups excluding carboxylic acids is 1. The van der Waals surface area contributed by atoms with E-state index in [1.54, 1.807) is 6.92 Å². The minimum Gasteiger partial charge on any atom is -0.463 e. The highest BCUT2D eigenvalue weighted by Gasteiger charge is 2.40. The van der Waals surface area contributed by atoms with E-state index in [1.165, 1.54) is 6.08 Å². The Morgan fingerprint density at radius 1 is 1.12 bits per heavy atom. The van der Waals surface area contributed by atoms with Crippen LogP contribution in [0.3, 0.4) is 0 Å². The van der Waals surface area contributed by atoms with Gasteiger partial charge in [-0.2, -0.15) is 0 Å². The third-order valence-corrected chi connectivity index (χ3v) is 5.25. The second-order valence-electron chi connectivity index (χ2n) is 6.99. The Hall–Kier alpha value is -1.65. The summed E-state index contributed by atoms with van der Waals surface area (Å²) in [5.41, 5.74) is 1.16. The lowest BCUT2D eigenvalue weighted by Crippen LogP contribution is -2.50. The normalized spacial score (nSPS) is 29.0. The second kappa shape index (κ2) is 10.5. The Morgan fingerprint density at radius 3 is 2.50 bits per heavy atom. The maximum Gasteiger partial charge on any atom is 0.330 e. The summed E-state index contributed by atoms with van der Waals surface area (Å²) in [5, 5.41) is 0. The lowest BCUT2D eigenvalue weighted by atomic mass is 9.79. The molecule has 1 aliphatic heterocycles. The van der Waals surface area contributed by atoms with Gasteiger partial charge in [-0.1, -0.05) is 57.2 Å². The van der Waals surface area contributed by atoms with Gasteiger partial charge < -0.3 is 14.2 Å². The third kappa shape index (κ3) is 5.68. The zero-order valence-electron chi connectivity index (χ0n) is 16.4. The average Bonchev–Trinajstić information content (AvgIpc) is 2.65. The topological polar surface area (TPSA) is 44.8 Å². The van der Waals surface area contributed by atoms with Crippen molar-refractivity contribution in [2.45, 2.75) is 65.5 Å². The van der Waals surface area contributed by atoms with Gasteiger partial charge in [0.25, 0.3) is 0 Å². The number of hydrogen-bond donors (Lipinski definition) is 0. The van der Waals surface area contributed by atoms with Crippen LogP contribution in [0.25, 0.3) is 0 Å². The average molecular weight is 360 g/mol. The van der Waals surface area contributed by atoms with Gasteiger partial charge in [0.15, 0.2) is 0 Å². The van der Waals surface area contributed by atoms with Gasteiger partial charge in [-0.3, -0.25) is 0 Å². The Kier molecular flexibility index (Phi) is 8.33. The fourth-order valence-electron chi connectivity index (χ4n) is 3.57. The van der Waals surface area contributed by atoms with E-state index in [1.807, 2.05) is 24.3 Å². The quantitative estimate of drug-likeness (QED) is 0.505. The molecule has 1 aliphatic rings. The van der Waals surface area contributed by atoms with Crippen LogP contribution in [0.4, 0.5) is 0 Å². The van der Waals surface area contributed by atoms with Crippen LogP contribution in [0, 0.1) is 11.8 Å². The Balaban J connectivity index is 2.04. The number of esters is 1. The molecular weight excluding hydrogens is 328 g/mol. The molecule has 0 N–H and O–H groups in total. The first-order valence-corrected chi connectivity index (χ1v) is 9.71. The molecule has 26 heavy (non-hydrogen) atoms. The first-order chi connectivity index (χ1) is 12.6. The Labute approximate surface area is 157 Å². The summed E-state index contributed by atoms with van der Waals surface area (Å²) in [6, 6.07) is 10.2. The van der Waals surface area contributed by atoms with E-state index in [-0.39, 0.29) is 24.3 Å². The molecule has 5 atom stereocenters. The second-order valence-corrected chi connectivity index (χ2v) is 6.99. The van der Waals surface area contributed by atoms with Gasteiger partial charge in [0.1, 0.15) is 0 Å². The van der Waals surface area contributed by atoms with Gasteiger partial charge in [0.05, 0.1) is 31.5 Å². The fraction of sp³-hybridized carbons (Fsp3) is 0.591. The molecule has 144 valence electrons. The number of hydrogen-bond acceptors (Lipinski definition) is 4. The molecule has 1 heterocycles. The maximum absolute atomic E-state index is 11.5. The molecule has 0 bridgehead atoms. The summed E-state index contributed by atoms with van der Waals surface area (Å²) in [6.07, 6.45) is 5.13. The molecule has 0 radical (unpaired) electrons. The Bertz CT molecular complexity index is 569. The molecule has 4 heteroatoms. The van der Waals surface area contributed by atoms with Crippen molar-refractivity contribution in [3.8, 4) is 0 Å². The number of carbonyl (C=O) groups is 1. The molecule has 1 fully saturated rings. The van der Waals surface area contributed by atoms with Crippen LogP contribution in [0.2, 0.25) is 0 Å². The molecule has 4 nitrogen and oxygen atoms in total. The van der Waals surface area contributed by atoms with Crippen LogP contribution in [0.1, 0.15) is 46.1 Å². The van der Waals surface area contributed by atoms with Crippen molar-refractivity contribution in [1.29, 1.82) is 0 Å². The number of ether oxygens (including phenoxy) is 3. The molecular formula is C22H32O4. The minimum absolute atomic E-state index is 0.000137. The van der Waals surface area contributed by atoms with E-state index in [0.29, 0.717) is 31.5 Å². The van der Waals surface area contributed by atoms with Gasteiger partial charge in [0, 0.05) is 6.08 Å². The molecule has 1 aromatic carbocycles. The van der Waals surface area contributed by atoms with Gasteiger partial charge >= 0.3 is 5.97 Å². The lowest BCUT2D eigenvalue weighted by molar-refractivity contribution is -0.189. The van der Waals surface area contributed by atoms with Gasteiger partial charge in [-0.05, 0) is 37.2 Å². The van der Waals surface area contributed by atoms with Crippen LogP contribution in [0.15, 0.2) is 42.5 Å². The van der Waals surface area contributed by atoms with Crippen molar-refractivity contribution in [2.24, 2.45) is 11.8 Å². The van der Waals surface area contributed by atoms with E-state index in [0.717, 1.165) is 12.0 Å². The Morgan fingerprint density at radius 2 is 1.85 bits per heavy atom. The minimum atomic E-state index is -0.307. The standard InChI is InChI=1S/C22H32O4/c1-5-19-16(3)17(4)22(25-15-18-11-8-7-9-12-18)20(26-19)13-10-14-21(23)24-6-2/h7-12,14,16-17,19-20,22H,5-6,13,15H2,1-4H3/b14-10+/t16-,17-,19+,20+,22+/m0/s1. The highest BCUT2D eigenvalue weighted by molar-refractivity contribution is 5.81. The van der Waals surface area contributed by atoms with Crippen LogP contribution in [-0.4, -0.2) is 30.9 Å². The van der Waals surface area contributed by atoms with Crippen LogP contribution in [-0.2, 0) is 25.6 Å². The van der Waals surface area contributed by atoms with E-state index in [4.69, 9.17) is 14.2 Å². The van der Waals surface area contributed by atoms with Crippen molar-refractivity contribution < 1.29 is 19.0 Å². The van der Waals surface area contributed by atoms with Gasteiger partial charge in [0.2, 0.25) is 0 Å². The first kappa shape index (κ1) is 20.7. The van der Waals surface area contributed by atoms with Gasteiger partial charge in [-0.15, -0.1) is 0 Å². The van der Waals surface area contributed by atoms with E-state index >= 15 is 0 Å². The summed E-state index contributed by atoms with van der Waals surface area (Å²) in [4.78, 5) is 11.5. The predicted octanol–water partition coefficient (Wildman–Crippen LogP) is 4.53. The lowest BCUT2D eigenvalue weighted by Gasteiger charge is -2.44. The fourth-order valence-corrected chi connectivity index (χ4v) is 3.57. The monoisotopic (exact) mass is 360 g/mol. The first-order valence-electron chi connectivity index (χ1n) is 9.71. The maximum atomic E-state index is 11.5. The van der Waals surface area contributed by atoms with Crippen molar-refractivity contribution in [1.82, 2.24) is 0 Å². The molecule has 0 saturated carbocycles. The largest absolute Gasteiger partial charge is 0.463 e. The van der Waals surface area contributed by atoms with Crippen LogP contribution < -0.4 is 0 Å². The summed E-state index contributed by atoms with van der Waals surface area (Å²) in [7, 11) is 0. The smallest absolute Gasteiger partial charge is 0.330 e. The van der Waals surface area contributed by atoms with Crippen molar-refractivity contribution >= 4 is 5.97 Å². The van der Waals surface area contributed by atoms with Gasteiger partial charge in [-0.25, -0.2) is 4.79 Å². The highest BCUT2D eigenvalue weighted by Crippen LogP contribution is 2.35. The molecule has 1 saturated heterocycles. The summed E-state index contributed by atoms with van der Waals surface area (Å²) in [5.74, 6) is 0.517. The van der Waals surface area contributed by atoms with Crippen molar-refractivity contribution in [3.63, 3.8) is 0 Å². The molecule has 0 aromatic heterocycles. The van der Waals surface area contributed by atoms with E-state index in [2.05, 4.69) is 32.9 Å². The zero-order valence-corrected chi connectivity index (χ0v) is 16.4. The summed E-state index contributed by atoms with van der Waals surface area (Å²) >= 11 is 0. The van der Waals surface area contributed by atoms with E-state index < -0.39 is 0 Å². The summed E-state index contributed by atoms with van der Waals surface area (Å²) in [6.45, 7) is 9.40. The predicted molar refractivity (Wildman–Crippen MR) is 103 cm³/mol. The number of benzene rings is 1. The number of rotatable bonds is 8. The zero-order chi connectivity index (χ0) is 18.9. The van der Waals surface area contributed by atoms with Crippen molar-refractivity contribution in [3.05, 3.63) is 48.0 Å². The molecule has 0 spiro atoms. The molecule has 0 amide bonds. The SMILES string of the molecule is CCOC(=O)/C=C/C[C@H]1O[C@H](CC)[C@@H](C)[C@H](C)[C@H]1OCc1ccccc1. The van der Waals surface area contributed by atoms with E-state index in [9.17, 15) is 4.79 Å². The van der Waals surface area contributed by atoms with Crippen LogP contribution in [0.5, 0.6) is 0 Å². The summed E-state index contributed by atoms with van der Waals surface area (Å²) < 4.78 is 17.6. The highest BCUT2D eigenvalue weighted by atomic mass is 16.6.